The highest BCUT2D eigenvalue weighted by Crippen LogP contribution is 2.36. The van der Waals surface area contributed by atoms with Gasteiger partial charge in [-0.1, -0.05) is 18.2 Å². The number of carbonyl (C=O) groups is 2. The Morgan fingerprint density at radius 3 is 2.23 bits per heavy atom. The molecule has 2 fully saturated rings. The van der Waals surface area contributed by atoms with Crippen LogP contribution < -0.4 is 9.47 Å². The van der Waals surface area contributed by atoms with E-state index in [1.807, 2.05) is 46.2 Å². The lowest BCUT2D eigenvalue weighted by molar-refractivity contribution is -0.134. The Hall–Kier alpha value is -3.02. The summed E-state index contributed by atoms with van der Waals surface area (Å²) in [5, 5.41) is 0. The van der Waals surface area contributed by atoms with Gasteiger partial charge in [-0.25, -0.2) is 0 Å². The SMILES string of the molecule is COc1ccc([C@H]2CN(C(=O)c3cccc(OC)c3)C[C@@H]2C(=O)N2CCCC2)cc1. The molecule has 0 spiro atoms. The fourth-order valence-electron chi connectivity index (χ4n) is 4.52. The van der Waals surface area contributed by atoms with Crippen molar-refractivity contribution in [2.24, 2.45) is 5.92 Å². The van der Waals surface area contributed by atoms with Crippen molar-refractivity contribution in [1.82, 2.24) is 9.80 Å². The Bertz CT molecular complexity index is 906. The number of benzene rings is 2. The molecule has 6 nitrogen and oxygen atoms in total. The average Bonchev–Trinajstić information content (AvgIpc) is 3.49. The predicted molar refractivity (Wildman–Crippen MR) is 114 cm³/mol. The van der Waals surface area contributed by atoms with Gasteiger partial charge in [0.15, 0.2) is 0 Å². The maximum Gasteiger partial charge on any atom is 0.254 e. The molecule has 2 amide bonds. The Balaban J connectivity index is 1.60. The molecule has 0 saturated carbocycles. The number of hydrogen-bond donors (Lipinski definition) is 0. The first-order chi connectivity index (χ1) is 14.6. The molecule has 2 aliphatic heterocycles. The van der Waals surface area contributed by atoms with Crippen molar-refractivity contribution < 1.29 is 19.1 Å². The molecule has 2 heterocycles. The quantitative estimate of drug-likeness (QED) is 0.763. The molecule has 0 N–H and O–H groups in total. The van der Waals surface area contributed by atoms with Gasteiger partial charge in [0, 0.05) is 37.7 Å². The number of carbonyl (C=O) groups excluding carboxylic acids is 2. The van der Waals surface area contributed by atoms with E-state index in [9.17, 15) is 9.59 Å². The molecule has 4 rings (SSSR count). The first kappa shape index (κ1) is 20.3. The van der Waals surface area contributed by atoms with E-state index in [-0.39, 0.29) is 23.7 Å². The van der Waals surface area contributed by atoms with Gasteiger partial charge in [0.1, 0.15) is 11.5 Å². The Labute approximate surface area is 177 Å². The molecule has 2 aromatic carbocycles. The smallest absolute Gasteiger partial charge is 0.254 e. The number of rotatable bonds is 5. The zero-order valence-corrected chi connectivity index (χ0v) is 17.5. The van der Waals surface area contributed by atoms with Crippen molar-refractivity contribution in [3.8, 4) is 11.5 Å². The van der Waals surface area contributed by atoms with Gasteiger partial charge in [0.25, 0.3) is 5.91 Å². The topological polar surface area (TPSA) is 59.1 Å². The molecular formula is C24H28N2O4. The Morgan fingerprint density at radius 2 is 1.57 bits per heavy atom. The van der Waals surface area contributed by atoms with Crippen LogP contribution in [-0.4, -0.2) is 62.0 Å². The summed E-state index contributed by atoms with van der Waals surface area (Å²) in [6.07, 6.45) is 2.11. The largest absolute Gasteiger partial charge is 0.497 e. The van der Waals surface area contributed by atoms with Gasteiger partial charge in [-0.3, -0.25) is 9.59 Å². The minimum absolute atomic E-state index is 0.0291. The molecule has 0 aromatic heterocycles. The van der Waals surface area contributed by atoms with E-state index < -0.39 is 0 Å². The van der Waals surface area contributed by atoms with Gasteiger partial charge in [0.2, 0.25) is 5.91 Å². The summed E-state index contributed by atoms with van der Waals surface area (Å²) in [5.74, 6) is 1.27. The molecule has 0 bridgehead atoms. The van der Waals surface area contributed by atoms with Crippen LogP contribution in [0.3, 0.4) is 0 Å². The molecular weight excluding hydrogens is 380 g/mol. The van der Waals surface area contributed by atoms with E-state index in [0.29, 0.717) is 24.4 Å². The van der Waals surface area contributed by atoms with Crippen LogP contribution in [0.25, 0.3) is 0 Å². The monoisotopic (exact) mass is 408 g/mol. The summed E-state index contributed by atoms with van der Waals surface area (Å²) in [5.41, 5.74) is 1.64. The third-order valence-electron chi connectivity index (χ3n) is 6.20. The lowest BCUT2D eigenvalue weighted by Gasteiger charge is -2.24. The molecule has 2 atom stereocenters. The maximum atomic E-state index is 13.3. The second-order valence-corrected chi connectivity index (χ2v) is 7.96. The zero-order chi connectivity index (χ0) is 21.1. The van der Waals surface area contributed by atoms with Crippen LogP contribution >= 0.6 is 0 Å². The number of hydrogen-bond acceptors (Lipinski definition) is 4. The molecule has 2 aromatic rings. The molecule has 30 heavy (non-hydrogen) atoms. The first-order valence-electron chi connectivity index (χ1n) is 10.5. The molecule has 2 aliphatic rings. The van der Waals surface area contributed by atoms with Crippen LogP contribution in [0.15, 0.2) is 48.5 Å². The van der Waals surface area contributed by atoms with Gasteiger partial charge in [0.05, 0.1) is 20.1 Å². The molecule has 2 saturated heterocycles. The van der Waals surface area contributed by atoms with Gasteiger partial charge >= 0.3 is 0 Å². The van der Waals surface area contributed by atoms with Gasteiger partial charge in [-0.2, -0.15) is 0 Å². The molecule has 0 radical (unpaired) electrons. The normalized spacial score (nSPS) is 21.0. The van der Waals surface area contributed by atoms with Crippen LogP contribution in [-0.2, 0) is 4.79 Å². The molecule has 158 valence electrons. The highest BCUT2D eigenvalue weighted by Gasteiger charge is 2.42. The van der Waals surface area contributed by atoms with Gasteiger partial charge < -0.3 is 19.3 Å². The average molecular weight is 408 g/mol. The van der Waals surface area contributed by atoms with Crippen LogP contribution in [0.2, 0.25) is 0 Å². The molecule has 0 aliphatic carbocycles. The minimum Gasteiger partial charge on any atom is -0.497 e. The minimum atomic E-state index is -0.231. The maximum absolute atomic E-state index is 13.3. The standard InChI is InChI=1S/C24H28N2O4/c1-29-19-10-8-17(9-11-19)21-15-26(16-22(21)24(28)25-12-3-4-13-25)23(27)18-6-5-7-20(14-18)30-2/h5-11,14,21-22H,3-4,12-13,15-16H2,1-2H3/t21-,22+/m1/s1. The first-order valence-corrected chi connectivity index (χ1v) is 10.5. The van der Waals surface area contributed by atoms with Crippen molar-refractivity contribution in [3.05, 3.63) is 59.7 Å². The van der Waals surface area contributed by atoms with E-state index in [4.69, 9.17) is 9.47 Å². The van der Waals surface area contributed by atoms with E-state index in [0.717, 1.165) is 37.2 Å². The highest BCUT2D eigenvalue weighted by atomic mass is 16.5. The number of methoxy groups -OCH3 is 2. The Kier molecular flexibility index (Phi) is 5.93. The van der Waals surface area contributed by atoms with E-state index in [2.05, 4.69) is 0 Å². The lowest BCUT2D eigenvalue weighted by Crippen LogP contribution is -2.37. The third-order valence-corrected chi connectivity index (χ3v) is 6.20. The second-order valence-electron chi connectivity index (χ2n) is 7.96. The van der Waals surface area contributed by atoms with Crippen LogP contribution in [0.4, 0.5) is 0 Å². The number of amides is 2. The highest BCUT2D eigenvalue weighted by molar-refractivity contribution is 5.95. The number of likely N-dealkylation sites (tertiary alicyclic amines) is 2. The van der Waals surface area contributed by atoms with Crippen LogP contribution in [0.5, 0.6) is 11.5 Å². The van der Waals surface area contributed by atoms with Crippen molar-refractivity contribution in [1.29, 1.82) is 0 Å². The summed E-state index contributed by atoms with van der Waals surface area (Å²) >= 11 is 0. The van der Waals surface area contributed by atoms with E-state index in [1.54, 1.807) is 26.4 Å². The van der Waals surface area contributed by atoms with Gasteiger partial charge in [-0.15, -0.1) is 0 Å². The van der Waals surface area contributed by atoms with Crippen LogP contribution in [0.1, 0.15) is 34.7 Å². The van der Waals surface area contributed by atoms with Crippen molar-refractivity contribution >= 4 is 11.8 Å². The van der Waals surface area contributed by atoms with E-state index >= 15 is 0 Å². The van der Waals surface area contributed by atoms with Gasteiger partial charge in [-0.05, 0) is 48.7 Å². The van der Waals surface area contributed by atoms with E-state index in [1.165, 1.54) is 0 Å². The second kappa shape index (κ2) is 8.78. The summed E-state index contributed by atoms with van der Waals surface area (Å²) in [4.78, 5) is 30.3. The number of ether oxygens (including phenoxy) is 2. The fourth-order valence-corrected chi connectivity index (χ4v) is 4.52. The lowest BCUT2D eigenvalue weighted by atomic mass is 9.88. The summed E-state index contributed by atoms with van der Waals surface area (Å²) in [6, 6.07) is 15.0. The zero-order valence-electron chi connectivity index (χ0n) is 17.5. The molecule has 6 heteroatoms. The predicted octanol–water partition coefficient (Wildman–Crippen LogP) is 3.18. The summed E-state index contributed by atoms with van der Waals surface area (Å²) in [7, 11) is 3.22. The Morgan fingerprint density at radius 1 is 0.867 bits per heavy atom. The van der Waals surface area contributed by atoms with Crippen LogP contribution in [0, 0.1) is 5.92 Å². The van der Waals surface area contributed by atoms with Crippen molar-refractivity contribution in [3.63, 3.8) is 0 Å². The number of nitrogens with zero attached hydrogens (tertiary/aromatic N) is 2. The fraction of sp³-hybridized carbons (Fsp3) is 0.417. The van der Waals surface area contributed by atoms with Crippen molar-refractivity contribution in [2.75, 3.05) is 40.4 Å². The third kappa shape index (κ3) is 3.99. The summed E-state index contributed by atoms with van der Waals surface area (Å²) in [6.45, 7) is 2.58. The van der Waals surface area contributed by atoms with Crippen molar-refractivity contribution in [2.45, 2.75) is 18.8 Å². The molecule has 0 unspecified atom stereocenters. The summed E-state index contributed by atoms with van der Waals surface area (Å²) < 4.78 is 10.5.